The lowest BCUT2D eigenvalue weighted by atomic mass is 10.1. The number of nitrogens with zero attached hydrogens (tertiary/aromatic N) is 3. The largest absolute Gasteiger partial charge is 0.348 e. The summed E-state index contributed by atoms with van der Waals surface area (Å²) in [5.74, 6) is 0.456. The molecule has 1 amide bonds. The molecule has 1 aromatic carbocycles. The highest BCUT2D eigenvalue weighted by molar-refractivity contribution is 9.10. The first-order chi connectivity index (χ1) is 11.3. The summed E-state index contributed by atoms with van der Waals surface area (Å²) in [6.07, 6.45) is 0. The first-order valence-electron chi connectivity index (χ1n) is 7.43. The van der Waals surface area contributed by atoms with Gasteiger partial charge in [-0.15, -0.1) is 0 Å². The molecule has 2 aliphatic rings. The molecule has 130 valence electrons. The molecular weight excluding hydrogens is 414 g/mol. The number of anilines is 1. The minimum Gasteiger partial charge on any atom is -0.348 e. The average molecular weight is 432 g/mol. The van der Waals surface area contributed by atoms with Gasteiger partial charge in [-0.05, 0) is 18.2 Å². The first kappa shape index (κ1) is 17.8. The fourth-order valence-electron chi connectivity index (χ4n) is 2.82. The SMILES string of the molecule is CN(C)C(=O)CSC1=NC2CS(=O)(=O)CC2N1c1cccc(Br)c1. The van der Waals surface area contributed by atoms with Crippen LogP contribution in [-0.2, 0) is 14.6 Å². The summed E-state index contributed by atoms with van der Waals surface area (Å²) < 4.78 is 24.9. The number of hydrogen-bond donors (Lipinski definition) is 0. The second-order valence-electron chi connectivity index (χ2n) is 6.05. The summed E-state index contributed by atoms with van der Waals surface area (Å²) in [6.45, 7) is 0. The van der Waals surface area contributed by atoms with E-state index in [1.807, 2.05) is 29.2 Å². The van der Waals surface area contributed by atoms with Crippen LogP contribution in [0.5, 0.6) is 0 Å². The minimum absolute atomic E-state index is 0.00146. The Morgan fingerprint density at radius 1 is 1.42 bits per heavy atom. The average Bonchev–Trinajstić information content (AvgIpc) is 2.95. The van der Waals surface area contributed by atoms with Gasteiger partial charge >= 0.3 is 0 Å². The number of rotatable bonds is 3. The number of halogens is 1. The molecule has 1 aromatic rings. The number of benzene rings is 1. The molecule has 6 nitrogen and oxygen atoms in total. The third-order valence-electron chi connectivity index (χ3n) is 4.02. The standard InChI is InChI=1S/C15H18BrN3O3S2/c1-18(2)14(20)7-23-15-17-12-8-24(21,22)9-13(12)19(15)11-5-3-4-10(16)6-11/h3-6,12-13H,7-9H2,1-2H3. The van der Waals surface area contributed by atoms with E-state index in [9.17, 15) is 13.2 Å². The molecule has 24 heavy (non-hydrogen) atoms. The molecule has 2 atom stereocenters. The van der Waals surface area contributed by atoms with Crippen LogP contribution in [0, 0.1) is 0 Å². The number of aliphatic imine (C=N–C) groups is 1. The summed E-state index contributed by atoms with van der Waals surface area (Å²) in [5.41, 5.74) is 0.887. The van der Waals surface area contributed by atoms with Crippen LogP contribution < -0.4 is 4.90 Å². The van der Waals surface area contributed by atoms with E-state index in [-0.39, 0.29) is 35.2 Å². The first-order valence-corrected chi connectivity index (χ1v) is 11.0. The van der Waals surface area contributed by atoms with E-state index in [1.165, 1.54) is 16.7 Å². The minimum atomic E-state index is -3.07. The molecular formula is C15H18BrN3O3S2. The van der Waals surface area contributed by atoms with Gasteiger partial charge in [0.05, 0.1) is 29.3 Å². The molecule has 2 heterocycles. The Morgan fingerprint density at radius 3 is 2.83 bits per heavy atom. The van der Waals surface area contributed by atoms with Crippen molar-refractivity contribution in [1.29, 1.82) is 0 Å². The number of hydrogen-bond acceptors (Lipinski definition) is 6. The Balaban J connectivity index is 1.89. The van der Waals surface area contributed by atoms with E-state index in [0.29, 0.717) is 5.17 Å². The molecule has 0 saturated carbocycles. The van der Waals surface area contributed by atoms with E-state index in [2.05, 4.69) is 20.9 Å². The molecule has 0 aromatic heterocycles. The predicted octanol–water partition coefficient (Wildman–Crippen LogP) is 1.61. The Labute approximate surface area is 154 Å². The monoisotopic (exact) mass is 431 g/mol. The maximum Gasteiger partial charge on any atom is 0.232 e. The van der Waals surface area contributed by atoms with Crippen molar-refractivity contribution in [1.82, 2.24) is 4.90 Å². The van der Waals surface area contributed by atoms with Crippen LogP contribution in [0.4, 0.5) is 5.69 Å². The molecule has 0 N–H and O–H groups in total. The highest BCUT2D eigenvalue weighted by Crippen LogP contribution is 2.35. The topological polar surface area (TPSA) is 70.0 Å². The van der Waals surface area contributed by atoms with Crippen LogP contribution in [0.25, 0.3) is 0 Å². The molecule has 0 bridgehead atoms. The van der Waals surface area contributed by atoms with Gasteiger partial charge in [-0.3, -0.25) is 9.79 Å². The van der Waals surface area contributed by atoms with Crippen molar-refractivity contribution >= 4 is 54.3 Å². The van der Waals surface area contributed by atoms with E-state index in [1.54, 1.807) is 14.1 Å². The van der Waals surface area contributed by atoms with Crippen molar-refractivity contribution in [2.75, 3.05) is 36.3 Å². The van der Waals surface area contributed by atoms with Crippen LogP contribution in [0.15, 0.2) is 33.7 Å². The lowest BCUT2D eigenvalue weighted by Gasteiger charge is -2.26. The smallest absolute Gasteiger partial charge is 0.232 e. The van der Waals surface area contributed by atoms with Crippen molar-refractivity contribution < 1.29 is 13.2 Å². The Bertz CT molecular complexity index is 795. The fraction of sp³-hybridized carbons (Fsp3) is 0.467. The third-order valence-corrected chi connectivity index (χ3v) is 7.16. The molecule has 1 saturated heterocycles. The van der Waals surface area contributed by atoms with Gasteiger partial charge in [0.25, 0.3) is 0 Å². The quantitative estimate of drug-likeness (QED) is 0.726. The highest BCUT2D eigenvalue weighted by atomic mass is 79.9. The van der Waals surface area contributed by atoms with Crippen LogP contribution in [-0.4, -0.2) is 67.8 Å². The van der Waals surface area contributed by atoms with Gasteiger partial charge in [-0.2, -0.15) is 0 Å². The van der Waals surface area contributed by atoms with Crippen LogP contribution in [0.2, 0.25) is 0 Å². The Morgan fingerprint density at radius 2 is 2.17 bits per heavy atom. The molecule has 3 rings (SSSR count). The third kappa shape index (κ3) is 3.62. The van der Waals surface area contributed by atoms with Gasteiger partial charge in [-0.25, -0.2) is 8.42 Å². The van der Waals surface area contributed by atoms with Gasteiger partial charge in [-0.1, -0.05) is 33.8 Å². The zero-order chi connectivity index (χ0) is 17.5. The van der Waals surface area contributed by atoms with Crippen molar-refractivity contribution in [3.05, 3.63) is 28.7 Å². The summed E-state index contributed by atoms with van der Waals surface area (Å²) >= 11 is 4.81. The van der Waals surface area contributed by atoms with Crippen molar-refractivity contribution in [3.8, 4) is 0 Å². The predicted molar refractivity (Wildman–Crippen MR) is 101 cm³/mol. The van der Waals surface area contributed by atoms with Crippen molar-refractivity contribution in [2.24, 2.45) is 4.99 Å². The summed E-state index contributed by atoms with van der Waals surface area (Å²) in [6, 6.07) is 7.25. The number of carbonyl (C=O) groups is 1. The molecule has 0 spiro atoms. The number of carbonyl (C=O) groups excluding carboxylic acids is 1. The normalized spacial score (nSPS) is 24.6. The Kier molecular flexibility index (Phi) is 4.94. The van der Waals surface area contributed by atoms with Crippen molar-refractivity contribution in [2.45, 2.75) is 12.1 Å². The molecule has 2 aliphatic heterocycles. The maximum absolute atomic E-state index is 12.0. The molecule has 2 unspecified atom stereocenters. The maximum atomic E-state index is 12.0. The van der Waals surface area contributed by atoms with Gasteiger partial charge in [0, 0.05) is 24.3 Å². The summed E-state index contributed by atoms with van der Waals surface area (Å²) in [4.78, 5) is 20.0. The number of amidine groups is 1. The van der Waals surface area contributed by atoms with Gasteiger partial charge in [0.15, 0.2) is 15.0 Å². The molecule has 0 radical (unpaired) electrons. The second kappa shape index (κ2) is 6.68. The highest BCUT2D eigenvalue weighted by Gasteiger charge is 2.47. The summed E-state index contributed by atoms with van der Waals surface area (Å²) in [7, 11) is 0.360. The molecule has 1 fully saturated rings. The van der Waals surface area contributed by atoms with Crippen molar-refractivity contribution in [3.63, 3.8) is 0 Å². The lowest BCUT2D eigenvalue weighted by molar-refractivity contribution is -0.125. The van der Waals surface area contributed by atoms with Gasteiger partial charge in [0.1, 0.15) is 0 Å². The van der Waals surface area contributed by atoms with Crippen LogP contribution >= 0.6 is 27.7 Å². The number of amides is 1. The fourth-order valence-corrected chi connectivity index (χ4v) is 6.15. The van der Waals surface area contributed by atoms with E-state index < -0.39 is 9.84 Å². The van der Waals surface area contributed by atoms with E-state index >= 15 is 0 Å². The molecule has 9 heteroatoms. The van der Waals surface area contributed by atoms with E-state index in [0.717, 1.165) is 10.2 Å². The number of sulfone groups is 1. The number of fused-ring (bicyclic) bond motifs is 1. The van der Waals surface area contributed by atoms with Gasteiger partial charge in [0.2, 0.25) is 5.91 Å². The van der Waals surface area contributed by atoms with E-state index in [4.69, 9.17) is 0 Å². The Hall–Kier alpha value is -1.06. The van der Waals surface area contributed by atoms with Crippen LogP contribution in [0.1, 0.15) is 0 Å². The zero-order valence-electron chi connectivity index (χ0n) is 13.3. The second-order valence-corrected chi connectivity index (χ2v) is 10.1. The number of thioether (sulfide) groups is 1. The molecule has 0 aliphatic carbocycles. The zero-order valence-corrected chi connectivity index (χ0v) is 16.6. The lowest BCUT2D eigenvalue weighted by Crippen LogP contribution is -2.39. The van der Waals surface area contributed by atoms with Gasteiger partial charge < -0.3 is 9.80 Å². The van der Waals surface area contributed by atoms with Crippen LogP contribution in [0.3, 0.4) is 0 Å². The summed E-state index contributed by atoms with van der Waals surface area (Å²) in [5, 5.41) is 0.716.